The molecule has 2 aromatic rings. The van der Waals surface area contributed by atoms with Gasteiger partial charge in [-0.3, -0.25) is 0 Å². The first-order valence-electron chi connectivity index (χ1n) is 8.12. The summed E-state index contributed by atoms with van der Waals surface area (Å²) in [4.78, 5) is 0. The largest absolute Gasteiger partial charge is 0.493 e. The molecule has 0 radical (unpaired) electrons. The number of nitrogens with zero attached hydrogens (tertiary/aromatic N) is 1. The second kappa shape index (κ2) is 8.21. The first-order chi connectivity index (χ1) is 11.7. The molecule has 0 fully saturated rings. The zero-order valence-electron chi connectivity index (χ0n) is 14.7. The summed E-state index contributed by atoms with van der Waals surface area (Å²) in [6.07, 6.45) is 3.57. The maximum atomic E-state index is 9.23. The molecule has 0 aromatic heterocycles. The van der Waals surface area contributed by atoms with Gasteiger partial charge in [-0.05, 0) is 52.8 Å². The topological polar surface area (TPSA) is 42.2 Å². The third kappa shape index (κ3) is 3.60. The van der Waals surface area contributed by atoms with Crippen molar-refractivity contribution in [2.45, 2.75) is 26.7 Å². The van der Waals surface area contributed by atoms with Gasteiger partial charge in [0.2, 0.25) is 0 Å². The van der Waals surface area contributed by atoms with Crippen LogP contribution in [0.5, 0.6) is 11.5 Å². The summed E-state index contributed by atoms with van der Waals surface area (Å²) in [5, 5.41) is 9.23. The summed E-state index contributed by atoms with van der Waals surface area (Å²) in [7, 11) is 3.22. The van der Waals surface area contributed by atoms with Gasteiger partial charge >= 0.3 is 0 Å². The quantitative estimate of drug-likeness (QED) is 0.719. The molecule has 0 spiro atoms. The third-order valence-electron chi connectivity index (χ3n) is 4.18. The molecule has 2 aromatic carbocycles. The highest BCUT2D eigenvalue weighted by Crippen LogP contribution is 2.33. The van der Waals surface area contributed by atoms with E-state index in [2.05, 4.69) is 38.1 Å². The highest BCUT2D eigenvalue weighted by molar-refractivity contribution is 5.82. The van der Waals surface area contributed by atoms with Crippen molar-refractivity contribution in [1.82, 2.24) is 0 Å². The lowest BCUT2D eigenvalue weighted by Crippen LogP contribution is -1.96. The Hall–Kier alpha value is -2.73. The van der Waals surface area contributed by atoms with Crippen molar-refractivity contribution >= 4 is 5.57 Å². The Balaban J connectivity index is 2.56. The zero-order valence-corrected chi connectivity index (χ0v) is 14.7. The molecule has 0 bridgehead atoms. The number of nitriles is 1. The summed E-state index contributed by atoms with van der Waals surface area (Å²) < 4.78 is 10.7. The molecule has 0 aliphatic heterocycles. The van der Waals surface area contributed by atoms with Gasteiger partial charge in [-0.2, -0.15) is 5.26 Å². The summed E-state index contributed by atoms with van der Waals surface area (Å²) in [5.41, 5.74) is 5.53. The molecule has 0 aliphatic rings. The van der Waals surface area contributed by atoms with Crippen LogP contribution in [0.4, 0.5) is 0 Å². The average molecular weight is 321 g/mol. The molecule has 0 atom stereocenters. The van der Waals surface area contributed by atoms with Gasteiger partial charge in [-0.1, -0.05) is 38.1 Å². The number of benzene rings is 2. The SMILES string of the molecule is CCc1ccc(/C(=C\C#N)c2ccc(OC)c(OC)c2)cc1CC. The highest BCUT2D eigenvalue weighted by Gasteiger charge is 2.11. The highest BCUT2D eigenvalue weighted by atomic mass is 16.5. The van der Waals surface area contributed by atoms with Crippen LogP contribution in [-0.2, 0) is 12.8 Å². The first-order valence-corrected chi connectivity index (χ1v) is 8.12. The lowest BCUT2D eigenvalue weighted by Gasteiger charge is -2.14. The monoisotopic (exact) mass is 321 g/mol. The molecule has 0 saturated heterocycles. The van der Waals surface area contributed by atoms with E-state index in [-0.39, 0.29) is 0 Å². The molecule has 0 heterocycles. The van der Waals surface area contributed by atoms with E-state index in [0.717, 1.165) is 29.5 Å². The number of allylic oxidation sites excluding steroid dienone is 1. The van der Waals surface area contributed by atoms with E-state index in [9.17, 15) is 5.26 Å². The van der Waals surface area contributed by atoms with E-state index in [0.29, 0.717) is 11.5 Å². The van der Waals surface area contributed by atoms with Crippen LogP contribution in [0.15, 0.2) is 42.5 Å². The van der Waals surface area contributed by atoms with Crippen molar-refractivity contribution in [3.05, 3.63) is 64.7 Å². The van der Waals surface area contributed by atoms with Gasteiger partial charge in [0.1, 0.15) is 0 Å². The summed E-state index contributed by atoms with van der Waals surface area (Å²) in [5.74, 6) is 1.33. The Bertz CT molecular complexity index is 727. The number of methoxy groups -OCH3 is 2. The molecule has 3 heteroatoms. The molecule has 24 heavy (non-hydrogen) atoms. The van der Waals surface area contributed by atoms with Crippen LogP contribution in [0.1, 0.15) is 36.1 Å². The molecular weight excluding hydrogens is 298 g/mol. The minimum absolute atomic E-state index is 0.653. The van der Waals surface area contributed by atoms with Crippen molar-refractivity contribution < 1.29 is 9.47 Å². The second-order valence-corrected chi connectivity index (χ2v) is 5.45. The van der Waals surface area contributed by atoms with Crippen LogP contribution in [-0.4, -0.2) is 14.2 Å². The Labute approximate surface area is 144 Å². The molecule has 0 aliphatic carbocycles. The molecule has 124 valence electrons. The number of hydrogen-bond acceptors (Lipinski definition) is 3. The minimum atomic E-state index is 0.653. The summed E-state index contributed by atoms with van der Waals surface area (Å²) in [6.45, 7) is 4.32. The van der Waals surface area contributed by atoms with Crippen LogP contribution in [0.2, 0.25) is 0 Å². The lowest BCUT2D eigenvalue weighted by molar-refractivity contribution is 0.355. The van der Waals surface area contributed by atoms with Crippen LogP contribution < -0.4 is 9.47 Å². The average Bonchev–Trinajstić information content (AvgIpc) is 2.64. The van der Waals surface area contributed by atoms with E-state index < -0.39 is 0 Å². The van der Waals surface area contributed by atoms with Gasteiger partial charge < -0.3 is 9.47 Å². The van der Waals surface area contributed by atoms with Crippen molar-refractivity contribution in [3.8, 4) is 17.6 Å². The molecule has 3 nitrogen and oxygen atoms in total. The molecule has 0 amide bonds. The van der Waals surface area contributed by atoms with Gasteiger partial charge in [0.25, 0.3) is 0 Å². The van der Waals surface area contributed by atoms with Gasteiger partial charge in [0.15, 0.2) is 11.5 Å². The maximum Gasteiger partial charge on any atom is 0.161 e. The fourth-order valence-corrected chi connectivity index (χ4v) is 2.87. The van der Waals surface area contributed by atoms with Crippen molar-refractivity contribution in [2.75, 3.05) is 14.2 Å². The third-order valence-corrected chi connectivity index (χ3v) is 4.18. The fraction of sp³-hybridized carbons (Fsp3) is 0.286. The Morgan fingerprint density at radius 1 is 0.917 bits per heavy atom. The van der Waals surface area contributed by atoms with E-state index in [1.165, 1.54) is 11.1 Å². The maximum absolute atomic E-state index is 9.23. The molecule has 0 unspecified atom stereocenters. The van der Waals surface area contributed by atoms with Crippen LogP contribution in [0, 0.1) is 11.3 Å². The van der Waals surface area contributed by atoms with E-state index in [1.54, 1.807) is 20.3 Å². The van der Waals surface area contributed by atoms with Gasteiger partial charge in [-0.15, -0.1) is 0 Å². The van der Waals surface area contributed by atoms with E-state index >= 15 is 0 Å². The summed E-state index contributed by atoms with van der Waals surface area (Å²) >= 11 is 0. The Morgan fingerprint density at radius 3 is 2.12 bits per heavy atom. The Morgan fingerprint density at radius 2 is 1.54 bits per heavy atom. The number of aryl methyl sites for hydroxylation is 2. The number of ether oxygens (including phenoxy) is 2. The number of rotatable bonds is 6. The molecule has 0 N–H and O–H groups in total. The zero-order chi connectivity index (χ0) is 17.5. The minimum Gasteiger partial charge on any atom is -0.493 e. The smallest absolute Gasteiger partial charge is 0.161 e. The first kappa shape index (κ1) is 17.6. The predicted molar refractivity (Wildman–Crippen MR) is 97.4 cm³/mol. The van der Waals surface area contributed by atoms with Crippen molar-refractivity contribution in [3.63, 3.8) is 0 Å². The van der Waals surface area contributed by atoms with Gasteiger partial charge in [0.05, 0.1) is 20.3 Å². The van der Waals surface area contributed by atoms with E-state index in [1.807, 2.05) is 18.2 Å². The second-order valence-electron chi connectivity index (χ2n) is 5.45. The van der Waals surface area contributed by atoms with Crippen molar-refractivity contribution in [2.24, 2.45) is 0 Å². The van der Waals surface area contributed by atoms with Crippen LogP contribution >= 0.6 is 0 Å². The van der Waals surface area contributed by atoms with Gasteiger partial charge in [-0.25, -0.2) is 0 Å². The normalized spacial score (nSPS) is 11.0. The fourth-order valence-electron chi connectivity index (χ4n) is 2.87. The predicted octanol–water partition coefficient (Wildman–Crippen LogP) is 4.78. The Kier molecular flexibility index (Phi) is 6.03. The van der Waals surface area contributed by atoms with Crippen molar-refractivity contribution in [1.29, 1.82) is 5.26 Å². The molecule has 2 rings (SSSR count). The molecular formula is C21H23NO2. The van der Waals surface area contributed by atoms with Crippen LogP contribution in [0.25, 0.3) is 5.57 Å². The van der Waals surface area contributed by atoms with Crippen LogP contribution in [0.3, 0.4) is 0 Å². The standard InChI is InChI=1S/C21H23NO2/c1-5-15-7-8-17(13-16(15)6-2)19(11-12-22)18-9-10-20(23-3)21(14-18)24-4/h7-11,13-14H,5-6H2,1-4H3/b19-11+. The summed E-state index contributed by atoms with van der Waals surface area (Å²) in [6, 6.07) is 14.3. The molecule has 0 saturated carbocycles. The van der Waals surface area contributed by atoms with Gasteiger partial charge in [0, 0.05) is 6.08 Å². The van der Waals surface area contributed by atoms with E-state index in [4.69, 9.17) is 9.47 Å². The number of hydrogen-bond donors (Lipinski definition) is 0. The lowest BCUT2D eigenvalue weighted by atomic mass is 9.92.